The van der Waals surface area contributed by atoms with E-state index in [0.717, 1.165) is 11.1 Å². The van der Waals surface area contributed by atoms with Gasteiger partial charge in [-0.1, -0.05) is 66.4 Å². The Bertz CT molecular complexity index is 814. The Hall–Kier alpha value is -2.44. The molecule has 0 aliphatic carbocycles. The van der Waals surface area contributed by atoms with Crippen LogP contribution < -0.4 is 5.32 Å². The molecule has 1 aliphatic heterocycles. The molecule has 4 nitrogen and oxygen atoms in total. The summed E-state index contributed by atoms with van der Waals surface area (Å²) in [5.41, 5.74) is 2.22. The molecule has 1 aliphatic rings. The van der Waals surface area contributed by atoms with Crippen LogP contribution in [0.2, 0.25) is 0 Å². The molecule has 3 rings (SSSR count). The molecule has 6 heteroatoms. The molecule has 0 radical (unpaired) electrons. The average Bonchev–Trinajstić information content (AvgIpc) is 2.91. The summed E-state index contributed by atoms with van der Waals surface area (Å²) < 4.78 is 5.73. The highest BCUT2D eigenvalue weighted by atomic mass is 32.2. The van der Waals surface area contributed by atoms with Crippen LogP contribution in [0.5, 0.6) is 0 Å². The number of esters is 1. The fraction of sp³-hybridized carbons (Fsp3) is 0.0556. The van der Waals surface area contributed by atoms with E-state index in [0.29, 0.717) is 14.8 Å². The van der Waals surface area contributed by atoms with Gasteiger partial charge >= 0.3 is 5.97 Å². The lowest BCUT2D eigenvalue weighted by Gasteiger charge is -2.05. The maximum Gasteiger partial charge on any atom is 0.338 e. The van der Waals surface area contributed by atoms with Crippen molar-refractivity contribution in [3.63, 3.8) is 0 Å². The van der Waals surface area contributed by atoms with Crippen molar-refractivity contribution < 1.29 is 14.3 Å². The van der Waals surface area contributed by atoms with Gasteiger partial charge in [-0.25, -0.2) is 4.79 Å². The molecule has 1 amide bonds. The van der Waals surface area contributed by atoms with Crippen molar-refractivity contribution in [3.8, 4) is 0 Å². The number of hydrogen-bond acceptors (Lipinski definition) is 5. The van der Waals surface area contributed by atoms with Crippen molar-refractivity contribution in [2.75, 3.05) is 0 Å². The largest absolute Gasteiger partial charge is 0.457 e. The zero-order chi connectivity index (χ0) is 16.9. The van der Waals surface area contributed by atoms with Crippen LogP contribution in [0, 0.1) is 0 Å². The number of carbonyl (C=O) groups is 2. The van der Waals surface area contributed by atoms with Gasteiger partial charge in [0.05, 0.1) is 10.5 Å². The minimum Gasteiger partial charge on any atom is -0.457 e. The van der Waals surface area contributed by atoms with Gasteiger partial charge in [-0.15, -0.1) is 0 Å². The van der Waals surface area contributed by atoms with Gasteiger partial charge in [0.2, 0.25) is 0 Å². The molecule has 1 fully saturated rings. The maximum absolute atomic E-state index is 12.0. The second kappa shape index (κ2) is 7.42. The van der Waals surface area contributed by atoms with Crippen molar-refractivity contribution in [1.29, 1.82) is 0 Å². The molecule has 2 aromatic carbocycles. The molecule has 0 atom stereocenters. The van der Waals surface area contributed by atoms with Gasteiger partial charge in [0.15, 0.2) is 0 Å². The van der Waals surface area contributed by atoms with E-state index in [1.165, 1.54) is 11.8 Å². The van der Waals surface area contributed by atoms with Crippen LogP contribution >= 0.6 is 24.0 Å². The summed E-state index contributed by atoms with van der Waals surface area (Å²) in [6, 6.07) is 16.4. The van der Waals surface area contributed by atoms with E-state index in [-0.39, 0.29) is 18.5 Å². The first-order valence-electron chi connectivity index (χ1n) is 7.18. The van der Waals surface area contributed by atoms with Gasteiger partial charge in [-0.3, -0.25) is 4.79 Å². The Kier molecular flexibility index (Phi) is 5.08. The summed E-state index contributed by atoms with van der Waals surface area (Å²) in [5.74, 6) is -0.580. The molecular weight excluding hydrogens is 342 g/mol. The van der Waals surface area contributed by atoms with E-state index in [9.17, 15) is 9.59 Å². The molecule has 2 aromatic rings. The van der Waals surface area contributed by atoms with E-state index in [1.807, 2.05) is 30.3 Å². The monoisotopic (exact) mass is 355 g/mol. The quantitative estimate of drug-likeness (QED) is 0.516. The van der Waals surface area contributed by atoms with Gasteiger partial charge in [-0.05, 0) is 29.3 Å². The van der Waals surface area contributed by atoms with E-state index in [2.05, 4.69) is 5.32 Å². The van der Waals surface area contributed by atoms with Crippen molar-refractivity contribution in [2.24, 2.45) is 0 Å². The van der Waals surface area contributed by atoms with Crippen LogP contribution in [-0.4, -0.2) is 16.2 Å². The first-order valence-corrected chi connectivity index (χ1v) is 8.40. The van der Waals surface area contributed by atoms with E-state index < -0.39 is 0 Å². The Labute approximate surface area is 148 Å². The first kappa shape index (κ1) is 16.4. The molecule has 0 unspecified atom stereocenters. The number of nitrogens with one attached hydrogen (secondary N) is 1. The van der Waals surface area contributed by atoms with Gasteiger partial charge < -0.3 is 10.1 Å². The lowest BCUT2D eigenvalue weighted by Crippen LogP contribution is -2.17. The van der Waals surface area contributed by atoms with Crippen LogP contribution in [0.15, 0.2) is 59.5 Å². The second-order valence-electron chi connectivity index (χ2n) is 5.04. The molecule has 1 saturated heterocycles. The van der Waals surface area contributed by atoms with Crippen molar-refractivity contribution in [3.05, 3.63) is 76.2 Å². The minimum absolute atomic E-state index is 0.198. The predicted molar refractivity (Wildman–Crippen MR) is 98.3 cm³/mol. The fourth-order valence-electron chi connectivity index (χ4n) is 2.09. The molecule has 1 heterocycles. The number of benzene rings is 2. The number of amides is 1. The topological polar surface area (TPSA) is 55.4 Å². The number of ether oxygens (including phenoxy) is 1. The van der Waals surface area contributed by atoms with E-state index >= 15 is 0 Å². The Morgan fingerprint density at radius 3 is 2.46 bits per heavy atom. The highest BCUT2D eigenvalue weighted by Crippen LogP contribution is 2.25. The first-order chi connectivity index (χ1) is 11.6. The average molecular weight is 355 g/mol. The highest BCUT2D eigenvalue weighted by Gasteiger charge is 2.21. The molecule has 0 aromatic heterocycles. The van der Waals surface area contributed by atoms with Crippen LogP contribution in [-0.2, 0) is 16.1 Å². The molecule has 0 saturated carbocycles. The van der Waals surface area contributed by atoms with Crippen LogP contribution in [0.4, 0.5) is 0 Å². The summed E-state index contributed by atoms with van der Waals surface area (Å²) >= 11 is 6.17. The van der Waals surface area contributed by atoms with Crippen LogP contribution in [0.3, 0.4) is 0 Å². The molecule has 1 N–H and O–H groups in total. The van der Waals surface area contributed by atoms with E-state index in [4.69, 9.17) is 17.0 Å². The third kappa shape index (κ3) is 4.10. The van der Waals surface area contributed by atoms with Crippen molar-refractivity contribution in [2.45, 2.75) is 6.61 Å². The molecular formula is C18H13NO3S2. The number of thiocarbonyl (C=S) groups is 1. The Morgan fingerprint density at radius 1 is 1.12 bits per heavy atom. The van der Waals surface area contributed by atoms with Crippen molar-refractivity contribution in [1.82, 2.24) is 5.32 Å². The summed E-state index contributed by atoms with van der Waals surface area (Å²) in [4.78, 5) is 24.2. The summed E-state index contributed by atoms with van der Waals surface area (Å²) in [6.07, 6.45) is 1.73. The summed E-state index contributed by atoms with van der Waals surface area (Å²) in [6.45, 7) is 0.236. The normalized spacial score (nSPS) is 15.4. The summed E-state index contributed by atoms with van der Waals surface area (Å²) in [5, 5.41) is 2.56. The minimum atomic E-state index is -0.382. The van der Waals surface area contributed by atoms with E-state index in [1.54, 1.807) is 30.3 Å². The lowest BCUT2D eigenvalue weighted by molar-refractivity contribution is -0.115. The van der Waals surface area contributed by atoms with Gasteiger partial charge in [0, 0.05) is 0 Å². The Morgan fingerprint density at radius 2 is 1.83 bits per heavy atom. The zero-order valence-electron chi connectivity index (χ0n) is 12.5. The summed E-state index contributed by atoms with van der Waals surface area (Å²) in [7, 11) is 0. The number of thioether (sulfide) groups is 1. The molecule has 0 spiro atoms. The number of hydrogen-bond donors (Lipinski definition) is 1. The zero-order valence-corrected chi connectivity index (χ0v) is 14.2. The fourth-order valence-corrected chi connectivity index (χ4v) is 3.14. The van der Waals surface area contributed by atoms with Crippen LogP contribution in [0.1, 0.15) is 21.5 Å². The third-order valence-electron chi connectivity index (χ3n) is 3.30. The SMILES string of the molecule is O=C1NC(=S)SC1=Cc1ccc(C(=O)OCc2ccccc2)cc1. The predicted octanol–water partition coefficient (Wildman–Crippen LogP) is 3.53. The maximum atomic E-state index is 12.0. The molecule has 24 heavy (non-hydrogen) atoms. The molecule has 0 bridgehead atoms. The van der Waals surface area contributed by atoms with Gasteiger partial charge in [0.25, 0.3) is 5.91 Å². The Balaban J connectivity index is 1.64. The second-order valence-corrected chi connectivity index (χ2v) is 6.75. The molecule has 120 valence electrons. The standard InChI is InChI=1S/C18H13NO3S2/c20-16-15(24-18(23)19-16)10-12-6-8-14(9-7-12)17(21)22-11-13-4-2-1-3-5-13/h1-10H,11H2,(H,19,20,23). The van der Waals surface area contributed by atoms with Gasteiger partial charge in [-0.2, -0.15) is 0 Å². The van der Waals surface area contributed by atoms with Crippen molar-refractivity contribution >= 4 is 46.3 Å². The smallest absolute Gasteiger partial charge is 0.338 e. The number of carbonyl (C=O) groups excluding carboxylic acids is 2. The lowest BCUT2D eigenvalue weighted by atomic mass is 10.1. The third-order valence-corrected chi connectivity index (χ3v) is 4.46. The van der Waals surface area contributed by atoms with Crippen LogP contribution in [0.25, 0.3) is 6.08 Å². The number of rotatable bonds is 4. The van der Waals surface area contributed by atoms with Gasteiger partial charge in [0.1, 0.15) is 10.9 Å². The highest BCUT2D eigenvalue weighted by molar-refractivity contribution is 8.26.